The SMILES string of the molecule is C=CCc1cc(/C=C(/C#N)C(=O)Nc2ccc(C)cc2)cc(OCC)c1OCc1cccc([N+](=O)[O-])c1. The number of nitrogens with one attached hydrogen (secondary N) is 1. The molecule has 188 valence electrons. The van der Waals surface area contributed by atoms with Crippen molar-refractivity contribution < 1.29 is 19.2 Å². The van der Waals surface area contributed by atoms with Crippen molar-refractivity contribution in [1.29, 1.82) is 5.26 Å². The van der Waals surface area contributed by atoms with Gasteiger partial charge in [-0.25, -0.2) is 0 Å². The number of hydrogen-bond acceptors (Lipinski definition) is 6. The highest BCUT2D eigenvalue weighted by Gasteiger charge is 2.16. The van der Waals surface area contributed by atoms with E-state index in [9.17, 15) is 20.2 Å². The molecule has 1 N–H and O–H groups in total. The summed E-state index contributed by atoms with van der Waals surface area (Å²) in [5.74, 6) is 0.364. The van der Waals surface area contributed by atoms with Gasteiger partial charge in [0.25, 0.3) is 11.6 Å². The molecule has 8 heteroatoms. The molecule has 8 nitrogen and oxygen atoms in total. The third-order valence-corrected chi connectivity index (χ3v) is 5.31. The molecule has 0 aromatic heterocycles. The summed E-state index contributed by atoms with van der Waals surface area (Å²) in [5, 5.41) is 23.5. The highest BCUT2D eigenvalue weighted by molar-refractivity contribution is 6.09. The molecule has 0 spiro atoms. The number of aryl methyl sites for hydroxylation is 1. The number of allylic oxidation sites excluding steroid dienone is 1. The lowest BCUT2D eigenvalue weighted by Gasteiger charge is -2.17. The monoisotopic (exact) mass is 497 g/mol. The van der Waals surface area contributed by atoms with E-state index in [2.05, 4.69) is 11.9 Å². The van der Waals surface area contributed by atoms with Crippen LogP contribution in [0, 0.1) is 28.4 Å². The van der Waals surface area contributed by atoms with Gasteiger partial charge in [0.1, 0.15) is 18.2 Å². The van der Waals surface area contributed by atoms with Gasteiger partial charge in [0.2, 0.25) is 0 Å². The van der Waals surface area contributed by atoms with Gasteiger partial charge in [0.15, 0.2) is 11.5 Å². The number of carbonyl (C=O) groups is 1. The molecule has 0 unspecified atom stereocenters. The minimum Gasteiger partial charge on any atom is -0.490 e. The van der Waals surface area contributed by atoms with Gasteiger partial charge < -0.3 is 14.8 Å². The minimum absolute atomic E-state index is 0.0223. The van der Waals surface area contributed by atoms with E-state index in [4.69, 9.17) is 9.47 Å². The Balaban J connectivity index is 1.92. The first kappa shape index (κ1) is 26.7. The van der Waals surface area contributed by atoms with Gasteiger partial charge in [-0.05, 0) is 61.7 Å². The van der Waals surface area contributed by atoms with Crippen LogP contribution in [0.3, 0.4) is 0 Å². The van der Waals surface area contributed by atoms with Gasteiger partial charge in [-0.3, -0.25) is 14.9 Å². The van der Waals surface area contributed by atoms with E-state index in [1.165, 1.54) is 18.2 Å². The lowest BCUT2D eigenvalue weighted by Crippen LogP contribution is -2.13. The summed E-state index contributed by atoms with van der Waals surface area (Å²) in [7, 11) is 0. The molecule has 0 fully saturated rings. The lowest BCUT2D eigenvalue weighted by atomic mass is 10.0. The van der Waals surface area contributed by atoms with Crippen molar-refractivity contribution >= 4 is 23.4 Å². The smallest absolute Gasteiger partial charge is 0.269 e. The molecular weight excluding hydrogens is 470 g/mol. The Bertz CT molecular complexity index is 1370. The van der Waals surface area contributed by atoms with Crippen molar-refractivity contribution in [3.8, 4) is 17.6 Å². The second kappa shape index (κ2) is 12.7. The van der Waals surface area contributed by atoms with Crippen LogP contribution in [-0.4, -0.2) is 17.4 Å². The first-order chi connectivity index (χ1) is 17.8. The summed E-state index contributed by atoms with van der Waals surface area (Å²) in [5.41, 5.74) is 3.49. The number of ether oxygens (including phenoxy) is 2. The summed E-state index contributed by atoms with van der Waals surface area (Å²) >= 11 is 0. The van der Waals surface area contributed by atoms with Crippen molar-refractivity contribution in [2.24, 2.45) is 0 Å². The molecule has 0 aliphatic rings. The van der Waals surface area contributed by atoms with Crippen LogP contribution in [0.1, 0.15) is 29.2 Å². The molecule has 37 heavy (non-hydrogen) atoms. The van der Waals surface area contributed by atoms with E-state index in [0.717, 1.165) is 11.1 Å². The number of anilines is 1. The molecule has 0 radical (unpaired) electrons. The third kappa shape index (κ3) is 7.29. The molecule has 0 atom stereocenters. The van der Waals surface area contributed by atoms with Gasteiger partial charge >= 0.3 is 0 Å². The maximum Gasteiger partial charge on any atom is 0.269 e. The van der Waals surface area contributed by atoms with E-state index in [1.807, 2.05) is 32.0 Å². The Morgan fingerprint density at radius 1 is 1.16 bits per heavy atom. The molecule has 0 bridgehead atoms. The van der Waals surface area contributed by atoms with Gasteiger partial charge in [-0.1, -0.05) is 35.9 Å². The van der Waals surface area contributed by atoms with Crippen molar-refractivity contribution in [3.05, 3.63) is 111 Å². The van der Waals surface area contributed by atoms with E-state index in [-0.39, 0.29) is 17.9 Å². The number of non-ortho nitro benzene ring substituents is 1. The quantitative estimate of drug-likeness (QED) is 0.112. The van der Waals surface area contributed by atoms with Crippen LogP contribution >= 0.6 is 0 Å². The molecule has 0 aliphatic carbocycles. The number of nitrogens with zero attached hydrogens (tertiary/aromatic N) is 2. The standard InChI is InChI=1S/C29H27N3O5/c1-4-7-23-14-22(15-24(18-30)29(33)31-25-12-10-20(3)11-13-25)17-27(36-5-2)28(23)37-19-21-8-6-9-26(16-21)32(34)35/h4,6,8-17H,1,5,7,19H2,2-3H3,(H,31,33)/b24-15-. The van der Waals surface area contributed by atoms with E-state index in [1.54, 1.807) is 42.5 Å². The van der Waals surface area contributed by atoms with E-state index < -0.39 is 10.8 Å². The van der Waals surface area contributed by atoms with Crippen LogP contribution in [-0.2, 0) is 17.8 Å². The summed E-state index contributed by atoms with van der Waals surface area (Å²) in [6, 6.07) is 18.9. The number of nitro groups is 1. The molecule has 0 heterocycles. The highest BCUT2D eigenvalue weighted by atomic mass is 16.6. The molecular formula is C29H27N3O5. The first-order valence-electron chi connectivity index (χ1n) is 11.6. The Morgan fingerprint density at radius 3 is 2.57 bits per heavy atom. The van der Waals surface area contributed by atoms with Gasteiger partial charge in [-0.15, -0.1) is 6.58 Å². The van der Waals surface area contributed by atoms with Crippen LogP contribution in [0.5, 0.6) is 11.5 Å². The fraction of sp³-hybridized carbons (Fsp3) is 0.172. The molecule has 3 aromatic carbocycles. The lowest BCUT2D eigenvalue weighted by molar-refractivity contribution is -0.384. The summed E-state index contributed by atoms with van der Waals surface area (Å²) in [4.78, 5) is 23.4. The number of benzene rings is 3. The van der Waals surface area contributed by atoms with Crippen molar-refractivity contribution in [1.82, 2.24) is 0 Å². The Labute approximate surface area is 215 Å². The normalized spacial score (nSPS) is 10.8. The van der Waals surface area contributed by atoms with Crippen molar-refractivity contribution in [3.63, 3.8) is 0 Å². The average molecular weight is 498 g/mol. The molecule has 0 saturated heterocycles. The van der Waals surface area contributed by atoms with Crippen LogP contribution in [0.25, 0.3) is 6.08 Å². The molecule has 0 saturated carbocycles. The number of carbonyl (C=O) groups excluding carboxylic acids is 1. The fourth-order valence-corrected chi connectivity index (χ4v) is 3.57. The fourth-order valence-electron chi connectivity index (χ4n) is 3.57. The Kier molecular flexibility index (Phi) is 9.17. The van der Waals surface area contributed by atoms with E-state index >= 15 is 0 Å². The van der Waals surface area contributed by atoms with Crippen LogP contribution < -0.4 is 14.8 Å². The minimum atomic E-state index is -0.527. The van der Waals surface area contributed by atoms with Crippen LogP contribution in [0.4, 0.5) is 11.4 Å². The Hall–Kier alpha value is -4.90. The molecule has 0 aliphatic heterocycles. The maximum absolute atomic E-state index is 12.7. The van der Waals surface area contributed by atoms with Crippen molar-refractivity contribution in [2.45, 2.75) is 26.9 Å². The predicted octanol–water partition coefficient (Wildman–Crippen LogP) is 6.16. The number of nitriles is 1. The summed E-state index contributed by atoms with van der Waals surface area (Å²) in [6.07, 6.45) is 3.63. The number of hydrogen-bond donors (Lipinski definition) is 1. The van der Waals surface area contributed by atoms with Gasteiger partial charge in [-0.2, -0.15) is 5.26 Å². The zero-order chi connectivity index (χ0) is 26.8. The molecule has 3 aromatic rings. The summed E-state index contributed by atoms with van der Waals surface area (Å²) in [6.45, 7) is 8.02. The average Bonchev–Trinajstić information content (AvgIpc) is 2.88. The number of rotatable bonds is 11. The van der Waals surface area contributed by atoms with E-state index in [0.29, 0.717) is 41.3 Å². The predicted molar refractivity (Wildman–Crippen MR) is 142 cm³/mol. The second-order valence-corrected chi connectivity index (χ2v) is 8.14. The van der Waals surface area contributed by atoms with Crippen LogP contribution in [0.2, 0.25) is 0 Å². The largest absolute Gasteiger partial charge is 0.490 e. The molecule has 3 rings (SSSR count). The second-order valence-electron chi connectivity index (χ2n) is 8.14. The van der Waals surface area contributed by atoms with Crippen molar-refractivity contribution in [2.75, 3.05) is 11.9 Å². The summed E-state index contributed by atoms with van der Waals surface area (Å²) < 4.78 is 11.9. The first-order valence-corrected chi connectivity index (χ1v) is 11.6. The van der Waals surface area contributed by atoms with Crippen LogP contribution in [0.15, 0.2) is 78.9 Å². The Morgan fingerprint density at radius 2 is 1.92 bits per heavy atom. The third-order valence-electron chi connectivity index (χ3n) is 5.31. The number of nitro benzene ring substituents is 1. The zero-order valence-corrected chi connectivity index (χ0v) is 20.7. The van der Waals surface area contributed by atoms with Gasteiger partial charge in [0.05, 0.1) is 11.5 Å². The maximum atomic E-state index is 12.7. The topological polar surface area (TPSA) is 114 Å². The van der Waals surface area contributed by atoms with Gasteiger partial charge in [0, 0.05) is 23.4 Å². The zero-order valence-electron chi connectivity index (χ0n) is 20.7. The highest BCUT2D eigenvalue weighted by Crippen LogP contribution is 2.35. The number of amides is 1. The molecule has 1 amide bonds.